The summed E-state index contributed by atoms with van der Waals surface area (Å²) in [7, 11) is 0. The molecule has 0 N–H and O–H groups in total. The van der Waals surface area contributed by atoms with Gasteiger partial charge in [-0.25, -0.2) is 0 Å². The zero-order chi connectivity index (χ0) is 10.6. The summed E-state index contributed by atoms with van der Waals surface area (Å²) in [6.07, 6.45) is 23.5. The van der Waals surface area contributed by atoms with Gasteiger partial charge < -0.3 is 0 Å². The highest BCUT2D eigenvalue weighted by Crippen LogP contribution is 2.15. The van der Waals surface area contributed by atoms with Gasteiger partial charge in [0.15, 0.2) is 0 Å². The van der Waals surface area contributed by atoms with Gasteiger partial charge in [-0.2, -0.15) is 0 Å². The first-order valence-electron chi connectivity index (χ1n) is 7.15. The molecule has 0 radical (unpaired) electrons. The molecular formula is C15H28. The summed E-state index contributed by atoms with van der Waals surface area (Å²) in [6.45, 7) is 0. The average molecular weight is 208 g/mol. The maximum absolute atomic E-state index is 2.12. The Labute approximate surface area is 96.2 Å². The van der Waals surface area contributed by atoms with Crippen LogP contribution in [0.3, 0.4) is 0 Å². The lowest BCUT2D eigenvalue weighted by Crippen LogP contribution is -0.956. The minimum Gasteiger partial charge on any atom is -0.0844 e. The van der Waals surface area contributed by atoms with Crippen molar-refractivity contribution in [3.05, 3.63) is 12.2 Å². The molecule has 0 saturated heterocycles. The summed E-state index contributed by atoms with van der Waals surface area (Å²) in [4.78, 5) is 0. The molecule has 5 aliphatic rings. The van der Waals surface area contributed by atoms with E-state index in [9.17, 15) is 0 Å². The van der Waals surface area contributed by atoms with Crippen LogP contribution in [0.5, 0.6) is 0 Å². The van der Waals surface area contributed by atoms with Gasteiger partial charge in [0.2, 0.25) is 0 Å². The minimum absolute atomic E-state index is 1.25. The monoisotopic (exact) mass is 208 g/mol. The van der Waals surface area contributed by atoms with Crippen LogP contribution in [0, 0.1) is 0 Å². The van der Waals surface area contributed by atoms with Crippen LogP contribution in [0.4, 0.5) is 0 Å². The highest BCUT2D eigenvalue weighted by molar-refractivity contribution is 5.02. The highest BCUT2D eigenvalue weighted by atomic mass is 14.0. The summed E-state index contributed by atoms with van der Waals surface area (Å²) < 4.78 is 0. The van der Waals surface area contributed by atoms with E-state index in [2.05, 4.69) is 12.2 Å². The van der Waals surface area contributed by atoms with Crippen molar-refractivity contribution < 1.29 is 0 Å². The molecule has 0 amide bonds. The molecule has 0 aromatic rings. The Kier molecular flexibility index (Phi) is 8.76. The number of allylic oxidation sites excluding steroid dienone is 2. The molecule has 0 nitrogen and oxygen atoms in total. The first-order valence-corrected chi connectivity index (χ1v) is 7.15. The third kappa shape index (κ3) is 84.3. The van der Waals surface area contributed by atoms with Crippen LogP contribution in [0.2, 0.25) is 0 Å². The lowest BCUT2D eigenvalue weighted by atomic mass is 10.9. The smallest absolute Gasteiger partial charge is 0.0169 e. The van der Waals surface area contributed by atoms with E-state index in [1.807, 2.05) is 0 Å². The molecule has 0 atom stereocenters. The van der Waals surface area contributed by atoms with E-state index in [1.54, 1.807) is 0 Å². The molecule has 0 aliphatic heterocycles. The molecule has 4 fully saturated rings. The largest absolute Gasteiger partial charge is 0.0844 e. The second-order valence-electron chi connectivity index (χ2n) is 4.95. The topological polar surface area (TPSA) is 0 Å². The standard InChI is InChI=1S/4C3H6.C3H4/c5*1-2-3-1/h4*1-3H2;1-2H,3H2. The Morgan fingerprint density at radius 1 is 0.333 bits per heavy atom. The first-order chi connectivity index (χ1) is 7.50. The average Bonchev–Trinajstić information content (AvgIpc) is 3.10. The first kappa shape index (κ1) is 12.8. The van der Waals surface area contributed by atoms with Crippen molar-refractivity contribution in [1.82, 2.24) is 0 Å². The van der Waals surface area contributed by atoms with Crippen LogP contribution in [0.15, 0.2) is 12.2 Å². The van der Waals surface area contributed by atoms with Gasteiger partial charge in [0.1, 0.15) is 0 Å². The van der Waals surface area contributed by atoms with Crippen LogP contribution in [-0.4, -0.2) is 0 Å². The normalized spacial score (nSPS) is 22.9. The summed E-state index contributed by atoms with van der Waals surface area (Å²) >= 11 is 0. The fourth-order valence-corrected chi connectivity index (χ4v) is 0. The van der Waals surface area contributed by atoms with Gasteiger partial charge in [0.25, 0.3) is 0 Å². The Balaban J connectivity index is 0.0000000937. The number of hydrogen-bond acceptors (Lipinski definition) is 0. The minimum atomic E-state index is 1.25. The van der Waals surface area contributed by atoms with E-state index in [4.69, 9.17) is 0 Å². The van der Waals surface area contributed by atoms with Crippen molar-refractivity contribution in [1.29, 1.82) is 0 Å². The molecule has 4 saturated carbocycles. The molecule has 0 heterocycles. The lowest BCUT2D eigenvalue weighted by molar-refractivity contribution is 1.50. The van der Waals surface area contributed by atoms with E-state index >= 15 is 0 Å². The van der Waals surface area contributed by atoms with Crippen LogP contribution in [-0.2, 0) is 0 Å². The summed E-state index contributed by atoms with van der Waals surface area (Å²) in [5.74, 6) is 0. The van der Waals surface area contributed by atoms with Gasteiger partial charge >= 0.3 is 0 Å². The third-order valence-corrected chi connectivity index (χ3v) is 1.65. The molecule has 5 aliphatic carbocycles. The fourth-order valence-electron chi connectivity index (χ4n) is 0. The highest BCUT2D eigenvalue weighted by Gasteiger charge is 1.96. The summed E-state index contributed by atoms with van der Waals surface area (Å²) in [5, 5.41) is 0. The molecule has 0 aromatic carbocycles. The van der Waals surface area contributed by atoms with Crippen molar-refractivity contribution >= 4 is 0 Å². The quantitative estimate of drug-likeness (QED) is 0.453. The zero-order valence-corrected chi connectivity index (χ0v) is 10.3. The Hall–Kier alpha value is -0.260. The molecule has 0 heteroatoms. The van der Waals surface area contributed by atoms with E-state index in [-0.39, 0.29) is 0 Å². The van der Waals surface area contributed by atoms with Crippen LogP contribution in [0.1, 0.15) is 83.5 Å². The molecule has 0 spiro atoms. The van der Waals surface area contributed by atoms with Crippen molar-refractivity contribution in [3.8, 4) is 0 Å². The Bertz CT molecular complexity index is 99.1. The Morgan fingerprint density at radius 2 is 0.467 bits per heavy atom. The SMILES string of the molecule is C1=CC1.C1CC1.C1CC1.C1CC1.C1CC1. The summed E-state index contributed by atoms with van der Waals surface area (Å²) in [6, 6.07) is 0. The summed E-state index contributed by atoms with van der Waals surface area (Å²) in [5.41, 5.74) is 0. The lowest BCUT2D eigenvalue weighted by Gasteiger charge is -1.15. The van der Waals surface area contributed by atoms with E-state index in [0.29, 0.717) is 0 Å². The zero-order valence-electron chi connectivity index (χ0n) is 10.3. The van der Waals surface area contributed by atoms with Crippen molar-refractivity contribution in [2.45, 2.75) is 83.5 Å². The molecule has 0 bridgehead atoms. The van der Waals surface area contributed by atoms with Crippen molar-refractivity contribution in [2.75, 3.05) is 0 Å². The second-order valence-corrected chi connectivity index (χ2v) is 4.95. The molecule has 0 aromatic heterocycles. The van der Waals surface area contributed by atoms with Crippen LogP contribution >= 0.6 is 0 Å². The van der Waals surface area contributed by atoms with Gasteiger partial charge in [-0.05, 0) is 6.42 Å². The molecule has 5 rings (SSSR count). The molecule has 0 unspecified atom stereocenters. The van der Waals surface area contributed by atoms with E-state index in [1.165, 1.54) is 83.5 Å². The van der Waals surface area contributed by atoms with Gasteiger partial charge in [0.05, 0.1) is 0 Å². The Morgan fingerprint density at radius 3 is 0.467 bits per heavy atom. The van der Waals surface area contributed by atoms with Gasteiger partial charge in [-0.15, -0.1) is 0 Å². The molecule has 15 heavy (non-hydrogen) atoms. The van der Waals surface area contributed by atoms with Gasteiger partial charge in [0, 0.05) is 0 Å². The van der Waals surface area contributed by atoms with Crippen LogP contribution in [0.25, 0.3) is 0 Å². The number of rotatable bonds is 0. The van der Waals surface area contributed by atoms with Crippen molar-refractivity contribution in [3.63, 3.8) is 0 Å². The van der Waals surface area contributed by atoms with Crippen molar-refractivity contribution in [2.24, 2.45) is 0 Å². The predicted molar refractivity (Wildman–Crippen MR) is 69.2 cm³/mol. The van der Waals surface area contributed by atoms with E-state index < -0.39 is 0 Å². The van der Waals surface area contributed by atoms with Gasteiger partial charge in [-0.3, -0.25) is 0 Å². The third-order valence-electron chi connectivity index (χ3n) is 1.65. The fraction of sp³-hybridized carbons (Fsp3) is 0.867. The maximum atomic E-state index is 2.12. The van der Waals surface area contributed by atoms with Crippen LogP contribution < -0.4 is 0 Å². The molecular weight excluding hydrogens is 180 g/mol. The number of hydrogen-bond donors (Lipinski definition) is 0. The molecule has 88 valence electrons. The van der Waals surface area contributed by atoms with E-state index in [0.717, 1.165) is 0 Å². The second kappa shape index (κ2) is 10.3. The predicted octanol–water partition coefficient (Wildman–Crippen LogP) is 5.63. The van der Waals surface area contributed by atoms with Gasteiger partial charge in [-0.1, -0.05) is 89.2 Å². The maximum Gasteiger partial charge on any atom is -0.0169 e.